The molecule has 1 heterocycles. The first kappa shape index (κ1) is 24.1. The number of ketones is 1. The molecule has 0 aliphatic carbocycles. The maximum atomic E-state index is 13.3. The molecule has 3 aromatic carbocycles. The number of rotatable bonds is 7. The molecule has 0 radical (unpaired) electrons. The first-order valence-corrected chi connectivity index (χ1v) is 11.9. The van der Waals surface area contributed by atoms with Gasteiger partial charge in [-0.3, -0.25) is 14.5 Å². The Labute approximate surface area is 206 Å². The first-order chi connectivity index (χ1) is 16.9. The summed E-state index contributed by atoms with van der Waals surface area (Å²) in [4.78, 5) is 32.3. The number of Topliss-reactive ketones (excluding diaryl/α,β-unsaturated/α-hetero) is 1. The Kier molecular flexibility index (Phi) is 6.92. The third-order valence-corrected chi connectivity index (χ3v) is 6.47. The molecule has 35 heavy (non-hydrogen) atoms. The Hall–Kier alpha value is -4.06. The van der Waals surface area contributed by atoms with E-state index in [0.717, 1.165) is 30.0 Å². The fourth-order valence-corrected chi connectivity index (χ4v) is 4.53. The largest absolute Gasteiger partial charge is 0.507 e. The summed E-state index contributed by atoms with van der Waals surface area (Å²) in [7, 11) is 3.89. The SMILES string of the molecule is CCN(CC)c1ccc(C2/C(=C(\O)c3ccccc3)C(=O)C(=O)N2c2ccc(N(C)C)cc2)cc1. The molecule has 1 fully saturated rings. The Morgan fingerprint density at radius 3 is 1.94 bits per heavy atom. The van der Waals surface area contributed by atoms with E-state index in [4.69, 9.17) is 0 Å². The minimum Gasteiger partial charge on any atom is -0.507 e. The lowest BCUT2D eigenvalue weighted by atomic mass is 9.95. The minimum absolute atomic E-state index is 0.0912. The molecule has 1 N–H and O–H groups in total. The lowest BCUT2D eigenvalue weighted by Gasteiger charge is -2.27. The topological polar surface area (TPSA) is 64.1 Å². The van der Waals surface area contributed by atoms with Gasteiger partial charge in [0.1, 0.15) is 5.76 Å². The second-order valence-electron chi connectivity index (χ2n) is 8.71. The van der Waals surface area contributed by atoms with Crippen molar-refractivity contribution < 1.29 is 14.7 Å². The van der Waals surface area contributed by atoms with Crippen molar-refractivity contribution in [3.05, 3.63) is 95.6 Å². The van der Waals surface area contributed by atoms with Crippen LogP contribution in [0.25, 0.3) is 5.76 Å². The van der Waals surface area contributed by atoms with Gasteiger partial charge in [0, 0.05) is 49.8 Å². The van der Waals surface area contributed by atoms with E-state index in [1.165, 1.54) is 4.90 Å². The number of aliphatic hydroxyl groups excluding tert-OH is 1. The van der Waals surface area contributed by atoms with Crippen molar-refractivity contribution in [2.45, 2.75) is 19.9 Å². The number of nitrogens with zero attached hydrogens (tertiary/aromatic N) is 3. The van der Waals surface area contributed by atoms with Crippen LogP contribution in [0.3, 0.4) is 0 Å². The van der Waals surface area contributed by atoms with Gasteiger partial charge in [-0.1, -0.05) is 42.5 Å². The van der Waals surface area contributed by atoms with Crippen LogP contribution in [0.5, 0.6) is 0 Å². The molecule has 3 aromatic rings. The average molecular weight is 470 g/mol. The monoisotopic (exact) mass is 469 g/mol. The third kappa shape index (κ3) is 4.52. The predicted octanol–water partition coefficient (Wildman–Crippen LogP) is 5.23. The molecule has 1 aliphatic rings. The summed E-state index contributed by atoms with van der Waals surface area (Å²) in [5.74, 6) is -1.52. The van der Waals surface area contributed by atoms with Crippen molar-refractivity contribution in [3.63, 3.8) is 0 Å². The fourth-order valence-electron chi connectivity index (χ4n) is 4.53. The highest BCUT2D eigenvalue weighted by molar-refractivity contribution is 6.51. The van der Waals surface area contributed by atoms with Crippen LogP contribution in [-0.2, 0) is 9.59 Å². The van der Waals surface area contributed by atoms with Gasteiger partial charge in [-0.05, 0) is 55.8 Å². The molecular formula is C29H31N3O3. The summed E-state index contributed by atoms with van der Waals surface area (Å²) in [5, 5.41) is 11.2. The van der Waals surface area contributed by atoms with Gasteiger partial charge in [0.25, 0.3) is 11.7 Å². The van der Waals surface area contributed by atoms with Crippen LogP contribution >= 0.6 is 0 Å². The van der Waals surface area contributed by atoms with Gasteiger partial charge in [-0.2, -0.15) is 0 Å². The zero-order valence-electron chi connectivity index (χ0n) is 20.6. The number of carbonyl (C=O) groups excluding carboxylic acids is 2. The quantitative estimate of drug-likeness (QED) is 0.292. The molecule has 4 rings (SSSR count). The second kappa shape index (κ2) is 10.1. The molecule has 1 atom stereocenters. The van der Waals surface area contributed by atoms with Crippen LogP contribution in [0.15, 0.2) is 84.4 Å². The number of anilines is 3. The maximum Gasteiger partial charge on any atom is 0.300 e. The van der Waals surface area contributed by atoms with Crippen LogP contribution in [0.4, 0.5) is 17.1 Å². The van der Waals surface area contributed by atoms with Crippen molar-refractivity contribution in [1.82, 2.24) is 0 Å². The Balaban J connectivity index is 1.87. The molecule has 0 spiro atoms. The molecule has 6 nitrogen and oxygen atoms in total. The molecule has 1 aliphatic heterocycles. The maximum absolute atomic E-state index is 13.3. The van der Waals surface area contributed by atoms with Gasteiger partial charge in [0.15, 0.2) is 0 Å². The number of carbonyl (C=O) groups is 2. The highest BCUT2D eigenvalue weighted by atomic mass is 16.3. The lowest BCUT2D eigenvalue weighted by Crippen LogP contribution is -2.29. The van der Waals surface area contributed by atoms with Crippen LogP contribution in [-0.4, -0.2) is 44.0 Å². The van der Waals surface area contributed by atoms with Crippen molar-refractivity contribution in [3.8, 4) is 0 Å². The van der Waals surface area contributed by atoms with Gasteiger partial charge in [0.2, 0.25) is 0 Å². The third-order valence-electron chi connectivity index (χ3n) is 6.47. The van der Waals surface area contributed by atoms with Crippen molar-refractivity contribution >= 4 is 34.5 Å². The summed E-state index contributed by atoms with van der Waals surface area (Å²) in [5.41, 5.74) is 3.99. The molecule has 1 unspecified atom stereocenters. The summed E-state index contributed by atoms with van der Waals surface area (Å²) >= 11 is 0. The van der Waals surface area contributed by atoms with E-state index in [-0.39, 0.29) is 11.3 Å². The van der Waals surface area contributed by atoms with E-state index < -0.39 is 17.7 Å². The fraction of sp³-hybridized carbons (Fsp3) is 0.241. The zero-order chi connectivity index (χ0) is 25.1. The summed E-state index contributed by atoms with van der Waals surface area (Å²) in [6.45, 7) is 5.95. The Morgan fingerprint density at radius 2 is 1.40 bits per heavy atom. The highest BCUT2D eigenvalue weighted by Crippen LogP contribution is 2.42. The molecule has 1 saturated heterocycles. The van der Waals surface area contributed by atoms with E-state index >= 15 is 0 Å². The Morgan fingerprint density at radius 1 is 0.829 bits per heavy atom. The molecule has 0 saturated carbocycles. The average Bonchev–Trinajstić information content (AvgIpc) is 3.15. The number of aliphatic hydroxyl groups is 1. The standard InChI is InChI=1S/C29H31N3O3/c1-5-31(6-2)23-14-12-20(13-15-23)26-25(27(33)21-10-8-7-9-11-21)28(34)29(35)32(26)24-18-16-22(17-19-24)30(3)4/h7-19,26,33H,5-6H2,1-4H3/b27-25+. The molecule has 1 amide bonds. The zero-order valence-corrected chi connectivity index (χ0v) is 20.6. The second-order valence-corrected chi connectivity index (χ2v) is 8.71. The van der Waals surface area contributed by atoms with Gasteiger partial charge in [0.05, 0.1) is 11.6 Å². The van der Waals surface area contributed by atoms with Gasteiger partial charge >= 0.3 is 0 Å². The van der Waals surface area contributed by atoms with Crippen LogP contribution in [0, 0.1) is 0 Å². The van der Waals surface area contributed by atoms with Gasteiger partial charge in [-0.15, -0.1) is 0 Å². The van der Waals surface area contributed by atoms with Crippen LogP contribution < -0.4 is 14.7 Å². The number of hydrogen-bond acceptors (Lipinski definition) is 5. The lowest BCUT2D eigenvalue weighted by molar-refractivity contribution is -0.132. The van der Waals surface area contributed by atoms with E-state index in [1.54, 1.807) is 24.3 Å². The smallest absolute Gasteiger partial charge is 0.300 e. The van der Waals surface area contributed by atoms with Crippen molar-refractivity contribution in [2.24, 2.45) is 0 Å². The normalized spacial score (nSPS) is 17.0. The molecular weight excluding hydrogens is 438 g/mol. The summed E-state index contributed by atoms with van der Waals surface area (Å²) in [6, 6.07) is 23.5. The summed E-state index contributed by atoms with van der Waals surface area (Å²) < 4.78 is 0. The first-order valence-electron chi connectivity index (χ1n) is 11.9. The Bertz CT molecular complexity index is 1230. The van der Waals surface area contributed by atoms with Crippen LogP contribution in [0.2, 0.25) is 0 Å². The van der Waals surface area contributed by atoms with Crippen LogP contribution in [0.1, 0.15) is 31.0 Å². The minimum atomic E-state index is -0.744. The number of hydrogen-bond donors (Lipinski definition) is 1. The molecule has 0 bridgehead atoms. The molecule has 6 heteroatoms. The van der Waals surface area contributed by atoms with E-state index in [0.29, 0.717) is 11.3 Å². The van der Waals surface area contributed by atoms with Gasteiger partial charge in [-0.25, -0.2) is 0 Å². The predicted molar refractivity (Wildman–Crippen MR) is 142 cm³/mol. The molecule has 0 aromatic heterocycles. The molecule has 180 valence electrons. The van der Waals surface area contributed by atoms with Gasteiger partial charge < -0.3 is 14.9 Å². The van der Waals surface area contributed by atoms with Crippen molar-refractivity contribution in [1.29, 1.82) is 0 Å². The number of amides is 1. The highest BCUT2D eigenvalue weighted by Gasteiger charge is 2.47. The van der Waals surface area contributed by atoms with E-state index in [9.17, 15) is 14.7 Å². The summed E-state index contributed by atoms with van der Waals surface area (Å²) in [6.07, 6.45) is 0. The van der Waals surface area contributed by atoms with Crippen molar-refractivity contribution in [2.75, 3.05) is 41.9 Å². The van der Waals surface area contributed by atoms with E-state index in [2.05, 4.69) is 18.7 Å². The number of benzene rings is 3. The van der Waals surface area contributed by atoms with E-state index in [1.807, 2.05) is 73.6 Å².